The Bertz CT molecular complexity index is 556. The Hall–Kier alpha value is -0.990. The molecule has 0 aliphatic rings. The Labute approximate surface area is 136 Å². The molecule has 0 unspecified atom stereocenters. The number of carbonyl (C=O) groups is 1. The first-order valence-corrected chi connectivity index (χ1v) is 6.94. The van der Waals surface area contributed by atoms with Gasteiger partial charge in [-0.25, -0.2) is 9.74 Å². The Morgan fingerprint density at radius 1 is 1.48 bits per heavy atom. The Morgan fingerprint density at radius 3 is 2.52 bits per heavy atom. The van der Waals surface area contributed by atoms with Gasteiger partial charge < -0.3 is 4.74 Å². The predicted molar refractivity (Wildman–Crippen MR) is 76.3 cm³/mol. The first kappa shape index (κ1) is 18.1. The molecule has 1 aromatic carbocycles. The second-order valence-corrected chi connectivity index (χ2v) is 5.01. The molecule has 0 saturated carbocycles. The highest BCUT2D eigenvalue weighted by atomic mass is 79.9. The molecule has 0 spiro atoms. The summed E-state index contributed by atoms with van der Waals surface area (Å²) >= 11 is 14.0. The lowest BCUT2D eigenvalue weighted by molar-refractivity contribution is -0.137. The molecule has 1 N–H and O–H groups in total. The number of halogens is 6. The van der Waals surface area contributed by atoms with E-state index in [1.807, 2.05) is 4.94 Å². The zero-order valence-corrected chi connectivity index (χ0v) is 13.5. The number of nitrogens with one attached hydrogen (secondary N) is 1. The van der Waals surface area contributed by atoms with E-state index < -0.39 is 17.7 Å². The van der Waals surface area contributed by atoms with Crippen LogP contribution in [-0.2, 0) is 15.7 Å². The molecule has 1 aromatic rings. The van der Waals surface area contributed by atoms with Crippen molar-refractivity contribution < 1.29 is 22.7 Å². The van der Waals surface area contributed by atoms with Crippen molar-refractivity contribution in [3.63, 3.8) is 0 Å². The summed E-state index contributed by atoms with van der Waals surface area (Å²) in [6.07, 6.45) is -4.57. The minimum atomic E-state index is -4.57. The lowest BCUT2D eigenvalue weighted by Crippen LogP contribution is -2.22. The number of hydrogen-bond donors (Lipinski definition) is 1. The van der Waals surface area contributed by atoms with Crippen molar-refractivity contribution in [2.24, 2.45) is 5.10 Å². The van der Waals surface area contributed by atoms with Gasteiger partial charge in [-0.1, -0.05) is 27.5 Å². The van der Waals surface area contributed by atoms with Crippen molar-refractivity contribution >= 4 is 51.0 Å². The summed E-state index contributed by atoms with van der Waals surface area (Å²) in [6.45, 7) is 1.61. The standard InChI is InChI=1S/C11H8BrCl2F3N2O2/c1-2-21-10(20)9(18-19-14)8-6(12)3-5(4-7(8)13)11(15,16)17/h3-4,19H,2H2,1H3/b18-9-. The molecule has 0 atom stereocenters. The lowest BCUT2D eigenvalue weighted by atomic mass is 10.1. The maximum atomic E-state index is 12.7. The van der Waals surface area contributed by atoms with Gasteiger partial charge in [0.1, 0.15) is 0 Å². The van der Waals surface area contributed by atoms with Crippen LogP contribution in [0.3, 0.4) is 0 Å². The van der Waals surface area contributed by atoms with Crippen LogP contribution in [0.25, 0.3) is 0 Å². The van der Waals surface area contributed by atoms with Crippen molar-refractivity contribution in [3.8, 4) is 0 Å². The lowest BCUT2D eigenvalue weighted by Gasteiger charge is -2.13. The van der Waals surface area contributed by atoms with Gasteiger partial charge in [0.2, 0.25) is 0 Å². The predicted octanol–water partition coefficient (Wildman–Crippen LogP) is 4.13. The summed E-state index contributed by atoms with van der Waals surface area (Å²) in [4.78, 5) is 13.6. The monoisotopic (exact) mass is 406 g/mol. The van der Waals surface area contributed by atoms with Crippen molar-refractivity contribution in [2.45, 2.75) is 13.1 Å². The fourth-order valence-corrected chi connectivity index (χ4v) is 2.56. The number of carbonyl (C=O) groups excluding carboxylic acids is 1. The Kier molecular flexibility index (Phi) is 6.30. The van der Waals surface area contributed by atoms with Crippen LogP contribution in [0.5, 0.6) is 0 Å². The average molecular weight is 408 g/mol. The van der Waals surface area contributed by atoms with Gasteiger partial charge in [0, 0.05) is 21.8 Å². The smallest absolute Gasteiger partial charge is 0.416 e. The molecule has 0 aliphatic carbocycles. The highest BCUT2D eigenvalue weighted by Gasteiger charge is 2.33. The van der Waals surface area contributed by atoms with E-state index in [0.717, 1.165) is 6.07 Å². The van der Waals surface area contributed by atoms with Crippen LogP contribution >= 0.6 is 39.3 Å². The summed E-state index contributed by atoms with van der Waals surface area (Å²) in [5.41, 5.74) is -1.38. The van der Waals surface area contributed by atoms with Crippen LogP contribution < -0.4 is 4.94 Å². The number of hydrogen-bond acceptors (Lipinski definition) is 4. The van der Waals surface area contributed by atoms with E-state index >= 15 is 0 Å². The first-order chi connectivity index (χ1) is 9.72. The van der Waals surface area contributed by atoms with Gasteiger partial charge in [-0.15, -0.1) is 0 Å². The molecule has 0 aliphatic heterocycles. The molecule has 4 nitrogen and oxygen atoms in total. The number of nitrogens with zero attached hydrogens (tertiary/aromatic N) is 1. The van der Waals surface area contributed by atoms with Crippen molar-refractivity contribution in [1.29, 1.82) is 0 Å². The van der Waals surface area contributed by atoms with Crippen LogP contribution in [0.2, 0.25) is 5.02 Å². The van der Waals surface area contributed by atoms with E-state index in [2.05, 4.69) is 21.0 Å². The molecule has 0 amide bonds. The highest BCUT2D eigenvalue weighted by Crippen LogP contribution is 2.36. The number of esters is 1. The van der Waals surface area contributed by atoms with Gasteiger partial charge in [-0.05, 0) is 19.1 Å². The molecule has 1 rings (SSSR count). The van der Waals surface area contributed by atoms with Gasteiger partial charge >= 0.3 is 12.1 Å². The third-order valence-corrected chi connectivity index (χ3v) is 3.24. The minimum absolute atomic E-state index is 0.0516. The van der Waals surface area contributed by atoms with Crippen molar-refractivity contribution in [3.05, 3.63) is 32.8 Å². The molecule has 116 valence electrons. The van der Waals surface area contributed by atoms with E-state index in [9.17, 15) is 18.0 Å². The number of hydrazone groups is 1. The highest BCUT2D eigenvalue weighted by molar-refractivity contribution is 9.10. The van der Waals surface area contributed by atoms with Crippen LogP contribution in [0.4, 0.5) is 13.2 Å². The molecule has 0 heterocycles. The van der Waals surface area contributed by atoms with Gasteiger partial charge in [0.15, 0.2) is 5.71 Å². The molecule has 0 fully saturated rings. The van der Waals surface area contributed by atoms with E-state index in [4.69, 9.17) is 28.1 Å². The molecule has 0 radical (unpaired) electrons. The summed E-state index contributed by atoms with van der Waals surface area (Å²) in [5, 5.41) is 3.16. The Balaban J connectivity index is 3.41. The fourth-order valence-electron chi connectivity index (χ4n) is 1.41. The molecular weight excluding hydrogens is 400 g/mol. The third-order valence-electron chi connectivity index (χ3n) is 2.23. The molecule has 0 saturated heterocycles. The van der Waals surface area contributed by atoms with Gasteiger partial charge in [0.25, 0.3) is 0 Å². The van der Waals surface area contributed by atoms with E-state index in [0.29, 0.717) is 6.07 Å². The van der Waals surface area contributed by atoms with Crippen molar-refractivity contribution in [2.75, 3.05) is 6.61 Å². The summed E-state index contributed by atoms with van der Waals surface area (Å²) < 4.78 is 42.7. The fraction of sp³-hybridized carbons (Fsp3) is 0.273. The van der Waals surface area contributed by atoms with Crippen LogP contribution in [0.1, 0.15) is 18.1 Å². The van der Waals surface area contributed by atoms with E-state index in [-0.39, 0.29) is 27.4 Å². The molecular formula is C11H8BrCl2F3N2O2. The summed E-state index contributed by atoms with van der Waals surface area (Å²) in [7, 11) is 0. The Morgan fingerprint density at radius 2 is 2.10 bits per heavy atom. The van der Waals surface area contributed by atoms with Gasteiger partial charge in [-0.2, -0.15) is 18.3 Å². The van der Waals surface area contributed by atoms with Crippen molar-refractivity contribution in [1.82, 2.24) is 4.94 Å². The quantitative estimate of drug-likeness (QED) is 0.353. The van der Waals surface area contributed by atoms with E-state index in [1.165, 1.54) is 0 Å². The maximum Gasteiger partial charge on any atom is 0.416 e. The topological polar surface area (TPSA) is 50.7 Å². The van der Waals surface area contributed by atoms with Gasteiger partial charge in [0.05, 0.1) is 17.2 Å². The molecule has 21 heavy (non-hydrogen) atoms. The van der Waals surface area contributed by atoms with Crippen LogP contribution in [0, 0.1) is 0 Å². The second-order valence-electron chi connectivity index (χ2n) is 3.58. The second kappa shape index (κ2) is 7.33. The normalized spacial score (nSPS) is 12.2. The number of alkyl halides is 3. The average Bonchev–Trinajstić information content (AvgIpc) is 2.35. The number of rotatable bonds is 4. The molecule has 10 heteroatoms. The zero-order valence-electron chi connectivity index (χ0n) is 10.4. The summed E-state index contributed by atoms with van der Waals surface area (Å²) in [6, 6.07) is 1.47. The number of benzene rings is 1. The minimum Gasteiger partial charge on any atom is -0.461 e. The van der Waals surface area contributed by atoms with Crippen LogP contribution in [-0.4, -0.2) is 18.3 Å². The molecule has 0 bridgehead atoms. The third kappa shape index (κ3) is 4.49. The number of ether oxygens (including phenoxy) is 1. The molecule has 0 aromatic heterocycles. The van der Waals surface area contributed by atoms with Gasteiger partial charge in [-0.3, -0.25) is 0 Å². The maximum absolute atomic E-state index is 12.7. The largest absolute Gasteiger partial charge is 0.461 e. The van der Waals surface area contributed by atoms with E-state index in [1.54, 1.807) is 6.92 Å². The SMILES string of the molecule is CCOC(=O)/C(=N\NCl)c1c(Cl)cc(C(F)(F)F)cc1Br. The zero-order chi connectivity index (χ0) is 16.2. The van der Waals surface area contributed by atoms with Crippen LogP contribution in [0.15, 0.2) is 21.7 Å². The summed E-state index contributed by atoms with van der Waals surface area (Å²) in [5.74, 6) is -0.881. The first-order valence-electron chi connectivity index (χ1n) is 5.39.